The maximum atomic E-state index is 12.0. The number of anilines is 1. The molecule has 1 unspecified atom stereocenters. The largest absolute Gasteiger partial charge is 0.372 e. The summed E-state index contributed by atoms with van der Waals surface area (Å²) in [6.45, 7) is 4.29. The van der Waals surface area contributed by atoms with Crippen LogP contribution in [0.1, 0.15) is 44.2 Å². The number of amides is 1. The molecule has 1 aliphatic carbocycles. The summed E-state index contributed by atoms with van der Waals surface area (Å²) in [5.41, 5.74) is 7.73. The second-order valence-electron chi connectivity index (χ2n) is 6.14. The standard InChI is InChI=1S/C16H23N3O.2ClH/c1-12(18-15(20)16(17)7-8-16)13-5-4-6-14(11-13)19-9-2-3-10-19;;/h4-6,11-12H,2-3,7-10,17H2,1H3,(H,18,20);2*1H. The number of hydrogen-bond donors (Lipinski definition) is 2. The summed E-state index contributed by atoms with van der Waals surface area (Å²) in [7, 11) is 0. The minimum absolute atomic E-state index is 0. The van der Waals surface area contributed by atoms with Gasteiger partial charge < -0.3 is 16.0 Å². The molecule has 1 aromatic rings. The summed E-state index contributed by atoms with van der Waals surface area (Å²) in [6.07, 6.45) is 4.15. The highest BCUT2D eigenvalue weighted by molar-refractivity contribution is 5.89. The van der Waals surface area contributed by atoms with Gasteiger partial charge in [0.25, 0.3) is 0 Å². The fourth-order valence-corrected chi connectivity index (χ4v) is 2.75. The molecule has 4 nitrogen and oxygen atoms in total. The molecule has 6 heteroatoms. The van der Waals surface area contributed by atoms with Crippen LogP contribution in [0.25, 0.3) is 0 Å². The quantitative estimate of drug-likeness (QED) is 0.881. The third-order valence-corrected chi connectivity index (χ3v) is 4.43. The lowest BCUT2D eigenvalue weighted by atomic mass is 10.1. The summed E-state index contributed by atoms with van der Waals surface area (Å²) < 4.78 is 0. The Hall–Kier alpha value is -0.970. The average molecular weight is 346 g/mol. The summed E-state index contributed by atoms with van der Waals surface area (Å²) in [5.74, 6) is -0.0171. The summed E-state index contributed by atoms with van der Waals surface area (Å²) in [6, 6.07) is 8.48. The van der Waals surface area contributed by atoms with Crippen LogP contribution in [0, 0.1) is 0 Å². The summed E-state index contributed by atoms with van der Waals surface area (Å²) in [5, 5.41) is 3.03. The molecule has 0 radical (unpaired) electrons. The lowest BCUT2D eigenvalue weighted by Crippen LogP contribution is -2.43. The van der Waals surface area contributed by atoms with Crippen molar-refractivity contribution in [1.29, 1.82) is 0 Å². The van der Waals surface area contributed by atoms with Crippen LogP contribution in [0.15, 0.2) is 24.3 Å². The van der Waals surface area contributed by atoms with Crippen molar-refractivity contribution < 1.29 is 4.79 Å². The zero-order valence-electron chi connectivity index (χ0n) is 12.9. The van der Waals surface area contributed by atoms with Gasteiger partial charge in [-0.1, -0.05) is 12.1 Å². The Bertz CT molecular complexity index is 514. The normalized spacial score (nSPS) is 19.6. The second-order valence-corrected chi connectivity index (χ2v) is 6.14. The molecule has 1 aromatic carbocycles. The Kier molecular flexibility index (Phi) is 6.53. The number of benzene rings is 1. The lowest BCUT2D eigenvalue weighted by Gasteiger charge is -2.21. The van der Waals surface area contributed by atoms with Gasteiger partial charge in [0.2, 0.25) is 5.91 Å². The van der Waals surface area contributed by atoms with Crippen LogP contribution < -0.4 is 16.0 Å². The Labute approximate surface area is 144 Å². The molecule has 1 amide bonds. The molecule has 0 aromatic heterocycles. The number of hydrogen-bond acceptors (Lipinski definition) is 3. The first kappa shape index (κ1) is 19.1. The van der Waals surface area contributed by atoms with Crippen molar-refractivity contribution in [2.24, 2.45) is 5.73 Å². The molecule has 1 atom stereocenters. The van der Waals surface area contributed by atoms with Gasteiger partial charge in [-0.15, -0.1) is 24.8 Å². The van der Waals surface area contributed by atoms with E-state index in [1.165, 1.54) is 18.5 Å². The third kappa shape index (κ3) is 4.06. The SMILES string of the molecule is CC(NC(=O)C1(N)CC1)c1cccc(N2CCCC2)c1.Cl.Cl. The topological polar surface area (TPSA) is 58.4 Å². The number of nitrogens with two attached hydrogens (primary N) is 1. The Morgan fingerprint density at radius 3 is 2.50 bits per heavy atom. The van der Waals surface area contributed by atoms with Gasteiger partial charge in [0, 0.05) is 18.8 Å². The first-order valence-electron chi connectivity index (χ1n) is 7.53. The van der Waals surface area contributed by atoms with Gasteiger partial charge in [0.15, 0.2) is 0 Å². The van der Waals surface area contributed by atoms with Crippen molar-refractivity contribution in [3.8, 4) is 0 Å². The molecule has 0 bridgehead atoms. The number of halogens is 2. The van der Waals surface area contributed by atoms with Crippen LogP contribution in [0.3, 0.4) is 0 Å². The van der Waals surface area contributed by atoms with Crippen molar-refractivity contribution in [3.63, 3.8) is 0 Å². The van der Waals surface area contributed by atoms with E-state index in [0.29, 0.717) is 0 Å². The van der Waals surface area contributed by atoms with E-state index in [2.05, 4.69) is 34.5 Å². The minimum Gasteiger partial charge on any atom is -0.372 e. The molecule has 1 saturated heterocycles. The first-order valence-corrected chi connectivity index (χ1v) is 7.53. The summed E-state index contributed by atoms with van der Waals surface area (Å²) >= 11 is 0. The van der Waals surface area contributed by atoms with Gasteiger partial charge in [-0.25, -0.2) is 0 Å². The highest BCUT2D eigenvalue weighted by atomic mass is 35.5. The lowest BCUT2D eigenvalue weighted by molar-refractivity contribution is -0.123. The van der Waals surface area contributed by atoms with E-state index < -0.39 is 5.54 Å². The fourth-order valence-electron chi connectivity index (χ4n) is 2.75. The van der Waals surface area contributed by atoms with Crippen molar-refractivity contribution in [3.05, 3.63) is 29.8 Å². The average Bonchev–Trinajstić information content (AvgIpc) is 3.00. The molecule has 0 spiro atoms. The molecular formula is C16H25Cl2N3O. The van der Waals surface area contributed by atoms with E-state index in [9.17, 15) is 4.79 Å². The monoisotopic (exact) mass is 345 g/mol. The van der Waals surface area contributed by atoms with Gasteiger partial charge in [-0.2, -0.15) is 0 Å². The van der Waals surface area contributed by atoms with Crippen LogP contribution in [-0.4, -0.2) is 24.5 Å². The zero-order valence-corrected chi connectivity index (χ0v) is 14.5. The summed E-state index contributed by atoms with van der Waals surface area (Å²) in [4.78, 5) is 14.4. The first-order chi connectivity index (χ1) is 9.58. The van der Waals surface area contributed by atoms with Gasteiger partial charge in [0.1, 0.15) is 0 Å². The molecule has 3 rings (SSSR count). The van der Waals surface area contributed by atoms with E-state index in [4.69, 9.17) is 5.73 Å². The molecule has 2 fully saturated rings. The van der Waals surface area contributed by atoms with Gasteiger partial charge in [-0.3, -0.25) is 4.79 Å². The Morgan fingerprint density at radius 1 is 1.27 bits per heavy atom. The van der Waals surface area contributed by atoms with E-state index >= 15 is 0 Å². The van der Waals surface area contributed by atoms with Gasteiger partial charge >= 0.3 is 0 Å². The third-order valence-electron chi connectivity index (χ3n) is 4.43. The Morgan fingerprint density at radius 2 is 1.91 bits per heavy atom. The molecular weight excluding hydrogens is 321 g/mol. The van der Waals surface area contributed by atoms with Crippen molar-refractivity contribution in [2.75, 3.05) is 18.0 Å². The fraction of sp³-hybridized carbons (Fsp3) is 0.562. The van der Waals surface area contributed by atoms with E-state index in [-0.39, 0.29) is 36.8 Å². The number of carbonyl (C=O) groups excluding carboxylic acids is 1. The smallest absolute Gasteiger partial charge is 0.240 e. The molecule has 124 valence electrons. The highest BCUT2D eigenvalue weighted by Crippen LogP contribution is 2.33. The molecule has 22 heavy (non-hydrogen) atoms. The predicted molar refractivity (Wildman–Crippen MR) is 95.1 cm³/mol. The number of nitrogens with zero attached hydrogens (tertiary/aromatic N) is 1. The maximum Gasteiger partial charge on any atom is 0.240 e. The molecule has 1 heterocycles. The van der Waals surface area contributed by atoms with E-state index in [1.54, 1.807) is 0 Å². The number of nitrogens with one attached hydrogen (secondary N) is 1. The molecule has 3 N–H and O–H groups in total. The molecule has 1 saturated carbocycles. The van der Waals surface area contributed by atoms with Crippen LogP contribution in [0.2, 0.25) is 0 Å². The van der Waals surface area contributed by atoms with Crippen LogP contribution in [0.5, 0.6) is 0 Å². The number of carbonyl (C=O) groups is 1. The van der Waals surface area contributed by atoms with Crippen molar-refractivity contribution in [1.82, 2.24) is 5.32 Å². The zero-order chi connectivity index (χ0) is 14.2. The van der Waals surface area contributed by atoms with Gasteiger partial charge in [0.05, 0.1) is 11.6 Å². The van der Waals surface area contributed by atoms with Crippen LogP contribution in [0.4, 0.5) is 5.69 Å². The predicted octanol–water partition coefficient (Wildman–Crippen LogP) is 2.80. The Balaban J connectivity index is 0.00000121. The van der Waals surface area contributed by atoms with Crippen molar-refractivity contribution in [2.45, 2.75) is 44.2 Å². The highest BCUT2D eigenvalue weighted by Gasteiger charge is 2.46. The van der Waals surface area contributed by atoms with Crippen LogP contribution in [-0.2, 0) is 4.79 Å². The van der Waals surface area contributed by atoms with Gasteiger partial charge in [-0.05, 0) is 50.3 Å². The van der Waals surface area contributed by atoms with Crippen molar-refractivity contribution >= 4 is 36.4 Å². The second kappa shape index (κ2) is 7.53. The molecule has 1 aliphatic heterocycles. The number of rotatable bonds is 4. The maximum absolute atomic E-state index is 12.0. The van der Waals surface area contributed by atoms with E-state index in [0.717, 1.165) is 31.5 Å². The van der Waals surface area contributed by atoms with E-state index in [1.807, 2.05) is 6.92 Å². The van der Waals surface area contributed by atoms with Crippen LogP contribution >= 0.6 is 24.8 Å². The molecule has 2 aliphatic rings. The minimum atomic E-state index is -0.596.